The molecule has 0 unspecified atom stereocenters. The van der Waals surface area contributed by atoms with Gasteiger partial charge in [-0.05, 0) is 41.4 Å². The van der Waals surface area contributed by atoms with E-state index >= 15 is 0 Å². The Morgan fingerprint density at radius 3 is 2.75 bits per heavy atom. The molecule has 0 N–H and O–H groups in total. The Labute approximate surface area is 92.0 Å². The Kier molecular flexibility index (Phi) is 2.09. The summed E-state index contributed by atoms with van der Waals surface area (Å²) in [6, 6.07) is 5.26. The second-order valence-corrected chi connectivity index (χ2v) is 3.97. The van der Waals surface area contributed by atoms with Crippen LogP contribution in [0.25, 0.3) is 11.0 Å². The van der Waals surface area contributed by atoms with Crippen LogP contribution in [0.4, 0.5) is 0 Å². The van der Waals surface area contributed by atoms with Gasteiger partial charge >= 0.3 is 0 Å². The number of rotatable bonds is 1. The summed E-state index contributed by atoms with van der Waals surface area (Å²) in [7, 11) is 0. The van der Waals surface area contributed by atoms with E-state index < -0.39 is 0 Å². The van der Waals surface area contributed by atoms with Gasteiger partial charge in [0, 0.05) is 18.7 Å². The topological polar surface area (TPSA) is 59.2 Å². The number of hydrogen-bond donors (Lipinski definition) is 0. The van der Waals surface area contributed by atoms with Crippen molar-refractivity contribution in [3.05, 3.63) is 23.8 Å². The first kappa shape index (κ1) is 9.33. The number of carbonyl (C=O) groups excluding carboxylic acids is 1. The Bertz CT molecular complexity index is 529. The lowest BCUT2D eigenvalue weighted by Crippen LogP contribution is -2.27. The summed E-state index contributed by atoms with van der Waals surface area (Å²) in [5.74, 6) is 0.0717. The first-order valence-corrected chi connectivity index (χ1v) is 5.36. The predicted molar refractivity (Wildman–Crippen MR) is 56.9 cm³/mol. The fraction of sp³-hybridized carbons (Fsp3) is 0.364. The second-order valence-electron chi connectivity index (χ2n) is 3.97. The van der Waals surface area contributed by atoms with E-state index in [1.807, 2.05) is 4.90 Å². The molecule has 5 nitrogen and oxygen atoms in total. The van der Waals surface area contributed by atoms with E-state index in [9.17, 15) is 4.79 Å². The van der Waals surface area contributed by atoms with Crippen LogP contribution < -0.4 is 0 Å². The van der Waals surface area contributed by atoms with Crippen molar-refractivity contribution >= 4 is 16.9 Å². The summed E-state index contributed by atoms with van der Waals surface area (Å²) in [5.41, 5.74) is 1.97. The zero-order valence-electron chi connectivity index (χ0n) is 8.72. The van der Waals surface area contributed by atoms with E-state index in [4.69, 9.17) is 0 Å². The first-order valence-electron chi connectivity index (χ1n) is 5.36. The number of benzene rings is 1. The Morgan fingerprint density at radius 2 is 1.94 bits per heavy atom. The molecule has 0 radical (unpaired) electrons. The highest BCUT2D eigenvalue weighted by molar-refractivity contribution is 5.97. The van der Waals surface area contributed by atoms with Crippen LogP contribution in [0, 0.1) is 0 Å². The van der Waals surface area contributed by atoms with E-state index in [-0.39, 0.29) is 5.91 Å². The highest BCUT2D eigenvalue weighted by Crippen LogP contribution is 2.16. The monoisotopic (exact) mass is 217 g/mol. The number of aromatic nitrogens is 2. The van der Waals surface area contributed by atoms with Gasteiger partial charge in [-0.2, -0.15) is 0 Å². The van der Waals surface area contributed by atoms with Crippen LogP contribution in [0.15, 0.2) is 22.8 Å². The van der Waals surface area contributed by atoms with Crippen LogP contribution in [-0.4, -0.2) is 34.2 Å². The summed E-state index contributed by atoms with van der Waals surface area (Å²) in [5, 5.41) is 7.44. The first-order chi connectivity index (χ1) is 7.84. The molecule has 0 atom stereocenters. The summed E-state index contributed by atoms with van der Waals surface area (Å²) < 4.78 is 4.60. The molecule has 82 valence electrons. The minimum Gasteiger partial charge on any atom is -0.339 e. The largest absolute Gasteiger partial charge is 0.339 e. The van der Waals surface area contributed by atoms with Crippen LogP contribution in [0.1, 0.15) is 23.2 Å². The smallest absolute Gasteiger partial charge is 0.253 e. The fourth-order valence-corrected chi connectivity index (χ4v) is 2.02. The van der Waals surface area contributed by atoms with E-state index in [1.165, 1.54) is 0 Å². The lowest BCUT2D eigenvalue weighted by Gasteiger charge is -2.14. The van der Waals surface area contributed by atoms with Crippen molar-refractivity contribution in [3.63, 3.8) is 0 Å². The molecule has 0 aliphatic carbocycles. The van der Waals surface area contributed by atoms with Crippen molar-refractivity contribution < 1.29 is 9.42 Å². The molecule has 2 aromatic rings. The molecule has 0 saturated carbocycles. The van der Waals surface area contributed by atoms with Crippen molar-refractivity contribution in [3.8, 4) is 0 Å². The minimum absolute atomic E-state index is 0.0717. The summed E-state index contributed by atoms with van der Waals surface area (Å²) in [6.45, 7) is 1.71. The number of amides is 1. The average molecular weight is 217 g/mol. The normalized spacial score (nSPS) is 15.9. The van der Waals surface area contributed by atoms with Crippen molar-refractivity contribution in [1.82, 2.24) is 15.2 Å². The molecule has 1 saturated heterocycles. The summed E-state index contributed by atoms with van der Waals surface area (Å²) in [4.78, 5) is 13.9. The number of fused-ring (bicyclic) bond motifs is 1. The molecule has 1 aliphatic heterocycles. The van der Waals surface area contributed by atoms with E-state index in [2.05, 4.69) is 14.9 Å². The van der Waals surface area contributed by atoms with Crippen molar-refractivity contribution in [1.29, 1.82) is 0 Å². The van der Waals surface area contributed by atoms with Crippen molar-refractivity contribution in [2.75, 3.05) is 13.1 Å². The lowest BCUT2D eigenvalue weighted by atomic mass is 10.2. The number of carbonyl (C=O) groups is 1. The van der Waals surface area contributed by atoms with Crippen molar-refractivity contribution in [2.24, 2.45) is 0 Å². The summed E-state index contributed by atoms with van der Waals surface area (Å²) >= 11 is 0. The molecule has 1 aromatic carbocycles. The third kappa shape index (κ3) is 1.44. The average Bonchev–Trinajstić information content (AvgIpc) is 2.98. The minimum atomic E-state index is 0.0717. The number of nitrogens with zero attached hydrogens (tertiary/aromatic N) is 3. The Hall–Kier alpha value is -1.91. The van der Waals surface area contributed by atoms with Gasteiger partial charge in [-0.15, -0.1) is 0 Å². The van der Waals surface area contributed by atoms with Crippen LogP contribution >= 0.6 is 0 Å². The van der Waals surface area contributed by atoms with Crippen LogP contribution in [0.2, 0.25) is 0 Å². The molecule has 3 rings (SSSR count). The highest BCUT2D eigenvalue weighted by atomic mass is 16.6. The maximum absolute atomic E-state index is 12.1. The van der Waals surface area contributed by atoms with Gasteiger partial charge in [0.2, 0.25) is 0 Å². The van der Waals surface area contributed by atoms with Gasteiger partial charge in [0.15, 0.2) is 0 Å². The SMILES string of the molecule is O=C(c1ccc2nonc2c1)N1CCCC1. The van der Waals surface area contributed by atoms with Gasteiger partial charge in [-0.3, -0.25) is 4.79 Å². The van der Waals surface area contributed by atoms with Gasteiger partial charge in [-0.1, -0.05) is 0 Å². The van der Waals surface area contributed by atoms with Crippen LogP contribution in [0.5, 0.6) is 0 Å². The standard InChI is InChI=1S/C11H11N3O2/c15-11(14-5-1-2-6-14)8-3-4-9-10(7-8)13-16-12-9/h3-4,7H,1-2,5-6H2. The molecule has 16 heavy (non-hydrogen) atoms. The predicted octanol–water partition coefficient (Wildman–Crippen LogP) is 1.46. The van der Waals surface area contributed by atoms with Crippen molar-refractivity contribution in [2.45, 2.75) is 12.8 Å². The Morgan fingerprint density at radius 1 is 1.19 bits per heavy atom. The third-order valence-electron chi connectivity index (χ3n) is 2.89. The number of likely N-dealkylation sites (tertiary alicyclic amines) is 1. The van der Waals surface area contributed by atoms with E-state index in [0.29, 0.717) is 16.6 Å². The highest BCUT2D eigenvalue weighted by Gasteiger charge is 2.19. The van der Waals surface area contributed by atoms with E-state index in [0.717, 1.165) is 25.9 Å². The Balaban J connectivity index is 1.95. The maximum Gasteiger partial charge on any atom is 0.253 e. The van der Waals surface area contributed by atoms with Gasteiger partial charge in [0.25, 0.3) is 5.91 Å². The fourth-order valence-electron chi connectivity index (χ4n) is 2.02. The lowest BCUT2D eigenvalue weighted by molar-refractivity contribution is 0.0793. The quantitative estimate of drug-likeness (QED) is 0.725. The molecule has 2 heterocycles. The molecule has 1 aliphatic rings. The van der Waals surface area contributed by atoms with Gasteiger partial charge in [-0.25, -0.2) is 4.63 Å². The zero-order valence-corrected chi connectivity index (χ0v) is 8.72. The number of hydrogen-bond acceptors (Lipinski definition) is 4. The van der Waals surface area contributed by atoms with Crippen LogP contribution in [0.3, 0.4) is 0 Å². The second kappa shape index (κ2) is 3.59. The van der Waals surface area contributed by atoms with E-state index in [1.54, 1.807) is 18.2 Å². The molecule has 0 bridgehead atoms. The molecule has 1 aromatic heterocycles. The van der Waals surface area contributed by atoms with Gasteiger partial charge in [0.1, 0.15) is 11.0 Å². The molecular formula is C11H11N3O2. The molecule has 1 amide bonds. The molecular weight excluding hydrogens is 206 g/mol. The zero-order chi connectivity index (χ0) is 11.0. The molecule has 5 heteroatoms. The van der Waals surface area contributed by atoms with Crippen LogP contribution in [-0.2, 0) is 0 Å². The third-order valence-corrected chi connectivity index (χ3v) is 2.89. The van der Waals surface area contributed by atoms with Gasteiger partial charge < -0.3 is 4.90 Å². The summed E-state index contributed by atoms with van der Waals surface area (Å²) in [6.07, 6.45) is 2.19. The maximum atomic E-state index is 12.1. The molecule has 1 fully saturated rings. The molecule has 0 spiro atoms. The van der Waals surface area contributed by atoms with Gasteiger partial charge in [0.05, 0.1) is 0 Å².